The molecule has 0 spiro atoms. The molecule has 0 aromatic carbocycles. The van der Waals surface area contributed by atoms with Gasteiger partial charge in [0.1, 0.15) is 10.3 Å². The lowest BCUT2D eigenvalue weighted by Crippen LogP contribution is -2.45. The minimum Gasteiger partial charge on any atom is -0.460 e. The second kappa shape index (κ2) is 7.51. The lowest BCUT2D eigenvalue weighted by Gasteiger charge is -2.37. The molecule has 0 radical (unpaired) electrons. The Kier molecular flexibility index (Phi) is 6.88. The van der Waals surface area contributed by atoms with E-state index in [1.807, 2.05) is 48.5 Å². The van der Waals surface area contributed by atoms with Gasteiger partial charge >= 0.3 is 13.1 Å². The van der Waals surface area contributed by atoms with Crippen molar-refractivity contribution in [2.45, 2.75) is 89.3 Å². The Hall–Kier alpha value is 0.0349. The normalized spacial score (nSPS) is 25.7. The van der Waals surface area contributed by atoms with Crippen molar-refractivity contribution in [1.29, 1.82) is 0 Å². The van der Waals surface area contributed by atoms with E-state index < -0.39 is 28.7 Å². The van der Waals surface area contributed by atoms with Gasteiger partial charge < -0.3 is 14.0 Å². The van der Waals surface area contributed by atoms with Crippen LogP contribution in [0.15, 0.2) is 0 Å². The summed E-state index contributed by atoms with van der Waals surface area (Å²) in [6, 6.07) is 0. The Bertz CT molecular complexity index is 423. The molecule has 0 saturated carbocycles. The second-order valence-corrected chi connectivity index (χ2v) is 9.28. The standard InChI is InChI=1S/C16H29BCl2O4/c1-11(10-12(20)21-14(2,3)4)8-9-16(7)15(5,6)22-17(23-16)13(18)19/h11,13H,8-10H2,1-7H3. The zero-order valence-corrected chi connectivity index (χ0v) is 16.8. The predicted octanol–water partition coefficient (Wildman–Crippen LogP) is 4.55. The maximum absolute atomic E-state index is 11.9. The molecule has 0 aromatic heterocycles. The average Bonchev–Trinajstić information content (AvgIpc) is 2.56. The monoisotopic (exact) mass is 366 g/mol. The molecular formula is C16H29BCl2O4. The maximum Gasteiger partial charge on any atom is 0.493 e. The first kappa shape index (κ1) is 21.1. The highest BCUT2D eigenvalue weighted by Crippen LogP contribution is 2.43. The van der Waals surface area contributed by atoms with E-state index in [9.17, 15) is 4.79 Å². The van der Waals surface area contributed by atoms with Crippen LogP contribution in [-0.4, -0.2) is 34.6 Å². The third kappa shape index (κ3) is 6.11. The van der Waals surface area contributed by atoms with Crippen LogP contribution in [0, 0.1) is 5.92 Å². The van der Waals surface area contributed by atoms with E-state index in [-0.39, 0.29) is 11.9 Å². The molecule has 4 nitrogen and oxygen atoms in total. The lowest BCUT2D eigenvalue weighted by molar-refractivity contribution is -0.156. The van der Waals surface area contributed by atoms with E-state index in [0.29, 0.717) is 6.42 Å². The van der Waals surface area contributed by atoms with Gasteiger partial charge in [0.2, 0.25) is 0 Å². The van der Waals surface area contributed by atoms with Gasteiger partial charge in [-0.1, -0.05) is 6.92 Å². The highest BCUT2D eigenvalue weighted by atomic mass is 35.5. The van der Waals surface area contributed by atoms with Gasteiger partial charge in [0.15, 0.2) is 0 Å². The van der Waals surface area contributed by atoms with Gasteiger partial charge in [-0.2, -0.15) is 0 Å². The van der Waals surface area contributed by atoms with Crippen molar-refractivity contribution in [1.82, 2.24) is 0 Å². The molecule has 1 aliphatic rings. The Morgan fingerprint density at radius 2 is 1.78 bits per heavy atom. The third-order valence-electron chi connectivity index (χ3n) is 4.32. The molecule has 1 saturated heterocycles. The lowest BCUT2D eigenvalue weighted by atomic mass is 9.81. The fraction of sp³-hybridized carbons (Fsp3) is 0.938. The van der Waals surface area contributed by atoms with Crippen LogP contribution in [0.1, 0.15) is 67.7 Å². The SMILES string of the molecule is CC(CCC1(C)OB(C(Cl)Cl)OC1(C)C)CC(=O)OC(C)(C)C. The maximum atomic E-state index is 11.9. The fourth-order valence-corrected chi connectivity index (χ4v) is 2.80. The summed E-state index contributed by atoms with van der Waals surface area (Å²) in [6.07, 6.45) is 1.97. The van der Waals surface area contributed by atoms with Crippen LogP contribution in [0.4, 0.5) is 0 Å². The van der Waals surface area contributed by atoms with Crippen molar-refractivity contribution in [3.8, 4) is 0 Å². The smallest absolute Gasteiger partial charge is 0.460 e. The first-order valence-corrected chi connectivity index (χ1v) is 8.99. The first-order valence-electron chi connectivity index (χ1n) is 8.11. The molecule has 2 atom stereocenters. The van der Waals surface area contributed by atoms with Gasteiger partial charge in [-0.3, -0.25) is 4.79 Å². The number of ether oxygens (including phenoxy) is 1. The van der Waals surface area contributed by atoms with Gasteiger partial charge in [-0.05, 0) is 60.3 Å². The van der Waals surface area contributed by atoms with Crippen molar-refractivity contribution in [3.63, 3.8) is 0 Å². The summed E-state index contributed by atoms with van der Waals surface area (Å²) in [5.74, 6) is 0.0281. The molecule has 1 fully saturated rings. The fourth-order valence-electron chi connectivity index (χ4n) is 2.59. The molecule has 0 bridgehead atoms. The highest BCUT2D eigenvalue weighted by Gasteiger charge is 2.55. The number of carbonyl (C=O) groups is 1. The second-order valence-electron chi connectivity index (χ2n) is 8.11. The highest BCUT2D eigenvalue weighted by molar-refractivity contribution is 6.73. The van der Waals surface area contributed by atoms with Gasteiger partial charge in [-0.25, -0.2) is 0 Å². The van der Waals surface area contributed by atoms with E-state index in [4.69, 9.17) is 37.2 Å². The van der Waals surface area contributed by atoms with Crippen LogP contribution >= 0.6 is 23.2 Å². The third-order valence-corrected chi connectivity index (χ3v) is 4.73. The summed E-state index contributed by atoms with van der Waals surface area (Å²) >= 11 is 11.8. The van der Waals surface area contributed by atoms with Crippen molar-refractivity contribution >= 4 is 36.3 Å². The van der Waals surface area contributed by atoms with E-state index in [0.717, 1.165) is 12.8 Å². The van der Waals surface area contributed by atoms with Gasteiger partial charge in [-0.15, -0.1) is 23.2 Å². The van der Waals surface area contributed by atoms with Crippen LogP contribution in [0.25, 0.3) is 0 Å². The molecule has 1 rings (SSSR count). The summed E-state index contributed by atoms with van der Waals surface area (Å²) in [5, 5.41) is 0. The quantitative estimate of drug-likeness (QED) is 0.393. The molecular weight excluding hydrogens is 338 g/mol. The number of halogens is 2. The zero-order valence-electron chi connectivity index (χ0n) is 15.2. The van der Waals surface area contributed by atoms with Crippen LogP contribution < -0.4 is 0 Å². The minimum atomic E-state index is -0.727. The predicted molar refractivity (Wildman–Crippen MR) is 94.8 cm³/mol. The summed E-state index contributed by atoms with van der Waals surface area (Å²) in [6.45, 7) is 13.6. The van der Waals surface area contributed by atoms with Crippen molar-refractivity contribution in [2.24, 2.45) is 5.92 Å². The van der Waals surface area contributed by atoms with Gasteiger partial charge in [0.05, 0.1) is 11.2 Å². The largest absolute Gasteiger partial charge is 0.493 e. The molecule has 1 aliphatic heterocycles. The summed E-state index contributed by atoms with van der Waals surface area (Å²) in [7, 11) is -0.625. The number of alkyl halides is 2. The molecule has 23 heavy (non-hydrogen) atoms. The topological polar surface area (TPSA) is 44.8 Å². The Balaban J connectivity index is 2.54. The zero-order chi connectivity index (χ0) is 18.1. The minimum absolute atomic E-state index is 0.169. The summed E-state index contributed by atoms with van der Waals surface area (Å²) in [4.78, 5) is 11.9. The average molecular weight is 367 g/mol. The van der Waals surface area contributed by atoms with E-state index in [2.05, 4.69) is 0 Å². The summed E-state index contributed by atoms with van der Waals surface area (Å²) in [5.41, 5.74) is -1.44. The van der Waals surface area contributed by atoms with E-state index in [1.54, 1.807) is 0 Å². The van der Waals surface area contributed by atoms with Crippen molar-refractivity contribution in [2.75, 3.05) is 0 Å². The molecule has 1 heterocycles. The Morgan fingerprint density at radius 1 is 1.22 bits per heavy atom. The molecule has 0 amide bonds. The number of esters is 1. The van der Waals surface area contributed by atoms with Gasteiger partial charge in [0.25, 0.3) is 0 Å². The van der Waals surface area contributed by atoms with Crippen molar-refractivity contribution in [3.05, 3.63) is 0 Å². The number of carbonyl (C=O) groups excluding carboxylic acids is 1. The summed E-state index contributed by atoms with van der Waals surface area (Å²) < 4.78 is 16.4. The molecule has 0 N–H and O–H groups in total. The van der Waals surface area contributed by atoms with Crippen LogP contribution in [-0.2, 0) is 18.8 Å². The van der Waals surface area contributed by atoms with E-state index >= 15 is 0 Å². The van der Waals surface area contributed by atoms with Crippen LogP contribution in [0.3, 0.4) is 0 Å². The molecule has 7 heteroatoms. The van der Waals surface area contributed by atoms with Gasteiger partial charge in [0, 0.05) is 6.42 Å². The molecule has 2 unspecified atom stereocenters. The first-order chi connectivity index (χ1) is 10.3. The Morgan fingerprint density at radius 3 is 2.22 bits per heavy atom. The molecule has 0 aromatic rings. The number of hydrogen-bond donors (Lipinski definition) is 0. The Labute approximate surface area is 150 Å². The van der Waals surface area contributed by atoms with Crippen LogP contribution in [0.5, 0.6) is 0 Å². The molecule has 134 valence electrons. The molecule has 0 aliphatic carbocycles. The van der Waals surface area contributed by atoms with Crippen molar-refractivity contribution < 1.29 is 18.8 Å². The number of rotatable bonds is 6. The van der Waals surface area contributed by atoms with E-state index in [1.165, 1.54) is 0 Å². The number of hydrogen-bond acceptors (Lipinski definition) is 4. The van der Waals surface area contributed by atoms with Crippen LogP contribution in [0.2, 0.25) is 0 Å².